The number of benzene rings is 1. The van der Waals surface area contributed by atoms with Crippen molar-refractivity contribution in [2.45, 2.75) is 0 Å². The van der Waals surface area contributed by atoms with Crippen molar-refractivity contribution in [1.29, 1.82) is 0 Å². The van der Waals surface area contributed by atoms with Gasteiger partial charge in [0, 0.05) is 16.8 Å². The van der Waals surface area contributed by atoms with E-state index in [1.165, 1.54) is 6.20 Å². The highest BCUT2D eigenvalue weighted by atomic mass is 35.5. The van der Waals surface area contributed by atoms with E-state index in [2.05, 4.69) is 4.98 Å². The molecule has 82 valence electrons. The minimum atomic E-state index is 0.441. The van der Waals surface area contributed by atoms with Gasteiger partial charge in [-0.05, 0) is 24.3 Å². The number of rotatable bonds is 1. The average molecular weight is 293 g/mol. The molecule has 1 nitrogen and oxygen atoms in total. The second kappa shape index (κ2) is 4.80. The number of pyridine rings is 1. The van der Waals surface area contributed by atoms with Gasteiger partial charge in [0.15, 0.2) is 0 Å². The monoisotopic (exact) mass is 291 g/mol. The Hall–Kier alpha value is -0.470. The molecular formula is C11H5Cl4N. The summed E-state index contributed by atoms with van der Waals surface area (Å²) in [6, 6.07) is 6.73. The standard InChI is InChI=1S/C11H5Cl4N/c12-6-1-2-9(14)8(3-6)11-10(15)4-7(13)5-16-11/h1-5H. The number of hydrogen-bond donors (Lipinski definition) is 0. The third-order valence-corrected chi connectivity index (χ3v) is 3.05. The molecule has 0 saturated heterocycles. The van der Waals surface area contributed by atoms with Crippen LogP contribution in [-0.4, -0.2) is 4.98 Å². The van der Waals surface area contributed by atoms with Gasteiger partial charge in [0.25, 0.3) is 0 Å². The largest absolute Gasteiger partial charge is 0.253 e. The number of hydrogen-bond acceptors (Lipinski definition) is 1. The molecule has 0 saturated carbocycles. The number of aromatic nitrogens is 1. The van der Waals surface area contributed by atoms with Crippen LogP contribution in [0.5, 0.6) is 0 Å². The van der Waals surface area contributed by atoms with Crippen molar-refractivity contribution in [3.8, 4) is 11.3 Å². The molecule has 1 heterocycles. The van der Waals surface area contributed by atoms with Crippen LogP contribution in [0.25, 0.3) is 11.3 Å². The first kappa shape index (κ1) is 12.0. The lowest BCUT2D eigenvalue weighted by Gasteiger charge is -2.06. The maximum atomic E-state index is 6.05. The fraction of sp³-hybridized carbons (Fsp3) is 0. The molecule has 0 aliphatic carbocycles. The highest BCUT2D eigenvalue weighted by Gasteiger charge is 2.10. The van der Waals surface area contributed by atoms with Crippen molar-refractivity contribution in [2.24, 2.45) is 0 Å². The molecule has 0 amide bonds. The molecule has 5 heteroatoms. The molecule has 16 heavy (non-hydrogen) atoms. The van der Waals surface area contributed by atoms with Crippen LogP contribution in [0.4, 0.5) is 0 Å². The Bertz CT molecular complexity index is 540. The van der Waals surface area contributed by atoms with Gasteiger partial charge in [0.2, 0.25) is 0 Å². The van der Waals surface area contributed by atoms with E-state index in [4.69, 9.17) is 46.4 Å². The maximum Gasteiger partial charge on any atom is 0.0904 e. The van der Waals surface area contributed by atoms with Crippen molar-refractivity contribution in [3.05, 3.63) is 50.6 Å². The van der Waals surface area contributed by atoms with Crippen molar-refractivity contribution in [3.63, 3.8) is 0 Å². The molecule has 0 atom stereocenters. The summed E-state index contributed by atoms with van der Waals surface area (Å²) >= 11 is 23.8. The van der Waals surface area contributed by atoms with Gasteiger partial charge in [-0.2, -0.15) is 0 Å². The molecule has 1 aromatic heterocycles. The Labute approximate surface area is 113 Å². The summed E-state index contributed by atoms with van der Waals surface area (Å²) in [5, 5.41) is 2.04. The Morgan fingerprint density at radius 2 is 1.56 bits per heavy atom. The minimum absolute atomic E-state index is 0.441. The van der Waals surface area contributed by atoms with Crippen LogP contribution in [0, 0.1) is 0 Å². The summed E-state index contributed by atoms with van der Waals surface area (Å²) in [5.74, 6) is 0. The smallest absolute Gasteiger partial charge is 0.0904 e. The predicted molar refractivity (Wildman–Crippen MR) is 69.7 cm³/mol. The van der Waals surface area contributed by atoms with Gasteiger partial charge >= 0.3 is 0 Å². The molecule has 0 unspecified atom stereocenters. The normalized spacial score (nSPS) is 10.5. The van der Waals surface area contributed by atoms with Crippen LogP contribution >= 0.6 is 46.4 Å². The van der Waals surface area contributed by atoms with Crippen molar-refractivity contribution < 1.29 is 0 Å². The number of nitrogens with zero attached hydrogens (tertiary/aromatic N) is 1. The zero-order chi connectivity index (χ0) is 11.7. The molecule has 0 aliphatic rings. The third-order valence-electron chi connectivity index (χ3n) is 1.99. The van der Waals surface area contributed by atoms with Crippen LogP contribution in [0.1, 0.15) is 0 Å². The van der Waals surface area contributed by atoms with Gasteiger partial charge in [-0.25, -0.2) is 0 Å². The van der Waals surface area contributed by atoms with E-state index in [0.717, 1.165) is 0 Å². The first-order chi connectivity index (χ1) is 7.58. The van der Waals surface area contributed by atoms with Gasteiger partial charge < -0.3 is 0 Å². The molecule has 0 radical (unpaired) electrons. The quantitative estimate of drug-likeness (QED) is 0.689. The fourth-order valence-electron chi connectivity index (χ4n) is 1.29. The Morgan fingerprint density at radius 1 is 0.812 bits per heavy atom. The Morgan fingerprint density at radius 3 is 2.25 bits per heavy atom. The molecule has 0 N–H and O–H groups in total. The van der Waals surface area contributed by atoms with Crippen LogP contribution in [-0.2, 0) is 0 Å². The summed E-state index contributed by atoms with van der Waals surface area (Å²) in [6.07, 6.45) is 1.51. The summed E-state index contributed by atoms with van der Waals surface area (Å²) in [4.78, 5) is 4.14. The fourth-order valence-corrected chi connectivity index (χ4v) is 2.15. The first-order valence-electron chi connectivity index (χ1n) is 4.34. The highest BCUT2D eigenvalue weighted by molar-refractivity contribution is 6.38. The lowest BCUT2D eigenvalue weighted by molar-refractivity contribution is 1.33. The lowest BCUT2D eigenvalue weighted by atomic mass is 10.1. The highest BCUT2D eigenvalue weighted by Crippen LogP contribution is 2.34. The molecular weight excluding hydrogens is 288 g/mol. The summed E-state index contributed by atoms with van der Waals surface area (Å²) < 4.78 is 0. The molecule has 1 aromatic carbocycles. The van der Waals surface area contributed by atoms with E-state index in [0.29, 0.717) is 31.3 Å². The van der Waals surface area contributed by atoms with E-state index < -0.39 is 0 Å². The van der Waals surface area contributed by atoms with E-state index >= 15 is 0 Å². The first-order valence-corrected chi connectivity index (χ1v) is 5.85. The van der Waals surface area contributed by atoms with Crippen molar-refractivity contribution >= 4 is 46.4 Å². The predicted octanol–water partition coefficient (Wildman–Crippen LogP) is 5.36. The second-order valence-corrected chi connectivity index (χ2v) is 4.80. The topological polar surface area (TPSA) is 12.9 Å². The Balaban J connectivity index is 2.62. The molecule has 0 fully saturated rings. The van der Waals surface area contributed by atoms with Crippen molar-refractivity contribution in [1.82, 2.24) is 4.98 Å². The average Bonchev–Trinajstić information content (AvgIpc) is 2.22. The van der Waals surface area contributed by atoms with Gasteiger partial charge in [-0.1, -0.05) is 46.4 Å². The van der Waals surface area contributed by atoms with Gasteiger partial charge in [-0.15, -0.1) is 0 Å². The molecule has 0 bridgehead atoms. The summed E-state index contributed by atoms with van der Waals surface area (Å²) in [5.41, 5.74) is 1.26. The maximum absolute atomic E-state index is 6.05. The molecule has 0 spiro atoms. The molecule has 0 aliphatic heterocycles. The zero-order valence-corrected chi connectivity index (χ0v) is 10.9. The van der Waals surface area contributed by atoms with E-state index in [9.17, 15) is 0 Å². The van der Waals surface area contributed by atoms with Gasteiger partial charge in [0.05, 0.1) is 20.8 Å². The van der Waals surface area contributed by atoms with E-state index in [-0.39, 0.29) is 0 Å². The summed E-state index contributed by atoms with van der Waals surface area (Å²) in [6.45, 7) is 0. The van der Waals surface area contributed by atoms with E-state index in [1.54, 1.807) is 24.3 Å². The third kappa shape index (κ3) is 2.44. The van der Waals surface area contributed by atoms with E-state index in [1.807, 2.05) is 0 Å². The van der Waals surface area contributed by atoms with Crippen LogP contribution in [0.3, 0.4) is 0 Å². The second-order valence-electron chi connectivity index (χ2n) is 3.11. The summed E-state index contributed by atoms with van der Waals surface area (Å²) in [7, 11) is 0. The number of halogens is 4. The minimum Gasteiger partial charge on any atom is -0.253 e. The lowest BCUT2D eigenvalue weighted by Crippen LogP contribution is -1.86. The van der Waals surface area contributed by atoms with Gasteiger partial charge in [0.1, 0.15) is 0 Å². The SMILES string of the molecule is Clc1cnc(-c2cc(Cl)ccc2Cl)c(Cl)c1. The van der Waals surface area contributed by atoms with Crippen LogP contribution in [0.2, 0.25) is 20.1 Å². The van der Waals surface area contributed by atoms with Crippen molar-refractivity contribution in [2.75, 3.05) is 0 Å². The zero-order valence-electron chi connectivity index (χ0n) is 7.85. The van der Waals surface area contributed by atoms with Crippen LogP contribution < -0.4 is 0 Å². The van der Waals surface area contributed by atoms with Crippen LogP contribution in [0.15, 0.2) is 30.5 Å². The molecule has 2 aromatic rings. The molecule has 2 rings (SSSR count). The van der Waals surface area contributed by atoms with Gasteiger partial charge in [-0.3, -0.25) is 4.98 Å². The Kier molecular flexibility index (Phi) is 3.60.